The maximum absolute atomic E-state index is 13.9. The Morgan fingerprint density at radius 3 is 2.77 bits per heavy atom. The number of fused-ring (bicyclic) bond motifs is 3. The van der Waals surface area contributed by atoms with Crippen molar-refractivity contribution in [2.45, 2.75) is 6.61 Å². The lowest BCUT2D eigenvalue weighted by Crippen LogP contribution is -2.25. The van der Waals surface area contributed by atoms with Crippen molar-refractivity contribution < 1.29 is 18.3 Å². The molecule has 2 heterocycles. The minimum absolute atomic E-state index is 0.0132. The lowest BCUT2D eigenvalue weighted by molar-refractivity contribution is 0.0996. The number of rotatable bonds is 2. The van der Waals surface area contributed by atoms with Gasteiger partial charge in [-0.25, -0.2) is 8.78 Å². The summed E-state index contributed by atoms with van der Waals surface area (Å²) in [7, 11) is 1.63. The summed E-state index contributed by atoms with van der Waals surface area (Å²) in [6.07, 6.45) is 0. The molecule has 7 heteroatoms. The summed E-state index contributed by atoms with van der Waals surface area (Å²) >= 11 is 7.34. The van der Waals surface area contributed by atoms with Gasteiger partial charge in [0.1, 0.15) is 12.4 Å². The zero-order chi connectivity index (χ0) is 18.4. The van der Waals surface area contributed by atoms with Gasteiger partial charge in [0.15, 0.2) is 11.6 Å². The Hall–Kier alpha value is -2.44. The van der Waals surface area contributed by atoms with Crippen molar-refractivity contribution in [3.05, 3.63) is 69.6 Å². The van der Waals surface area contributed by atoms with Gasteiger partial charge in [-0.15, -0.1) is 11.3 Å². The number of anilines is 1. The van der Waals surface area contributed by atoms with Gasteiger partial charge in [0.2, 0.25) is 0 Å². The maximum Gasteiger partial charge on any atom is 0.268 e. The van der Waals surface area contributed by atoms with E-state index in [9.17, 15) is 13.6 Å². The van der Waals surface area contributed by atoms with Gasteiger partial charge in [-0.1, -0.05) is 23.7 Å². The number of benzene rings is 2. The third kappa shape index (κ3) is 2.75. The Kier molecular flexibility index (Phi) is 4.17. The molecule has 0 radical (unpaired) electrons. The van der Waals surface area contributed by atoms with Crippen LogP contribution in [0.1, 0.15) is 15.2 Å². The molecule has 0 unspecified atom stereocenters. The predicted molar refractivity (Wildman–Crippen MR) is 98.2 cm³/mol. The Morgan fingerprint density at radius 1 is 1.23 bits per heavy atom. The van der Waals surface area contributed by atoms with E-state index in [1.165, 1.54) is 22.3 Å². The van der Waals surface area contributed by atoms with Crippen LogP contribution >= 0.6 is 22.9 Å². The van der Waals surface area contributed by atoms with Crippen molar-refractivity contribution in [2.75, 3.05) is 11.9 Å². The molecule has 4 rings (SSSR count). The molecule has 0 aliphatic carbocycles. The van der Waals surface area contributed by atoms with E-state index in [2.05, 4.69) is 0 Å². The molecule has 2 aromatic carbocycles. The number of amides is 1. The number of halogens is 3. The molecule has 3 nitrogen and oxygen atoms in total. The quantitative estimate of drug-likeness (QED) is 0.576. The van der Waals surface area contributed by atoms with Gasteiger partial charge in [0, 0.05) is 29.1 Å². The van der Waals surface area contributed by atoms with Crippen LogP contribution in [0.25, 0.3) is 10.4 Å². The van der Waals surface area contributed by atoms with E-state index in [1.807, 2.05) is 0 Å². The highest BCUT2D eigenvalue weighted by Gasteiger charge is 2.27. The minimum atomic E-state index is -0.750. The van der Waals surface area contributed by atoms with Crippen LogP contribution in [0.15, 0.2) is 42.5 Å². The largest absolute Gasteiger partial charge is 0.485 e. The molecule has 1 aromatic heterocycles. The molecule has 0 saturated heterocycles. The van der Waals surface area contributed by atoms with Crippen LogP contribution < -0.4 is 9.64 Å². The molecule has 0 saturated carbocycles. The number of thiophene rings is 1. The molecule has 132 valence electrons. The number of para-hydroxylation sites is 1. The summed E-state index contributed by atoms with van der Waals surface area (Å²) in [4.78, 5) is 15.4. The van der Waals surface area contributed by atoms with Crippen molar-refractivity contribution in [3.63, 3.8) is 0 Å². The molecule has 3 aromatic rings. The predicted octanol–water partition coefficient (Wildman–Crippen LogP) is 5.52. The molecule has 0 bridgehead atoms. The zero-order valence-corrected chi connectivity index (χ0v) is 15.1. The molecular formula is C19H12ClF2NO2S. The monoisotopic (exact) mass is 391 g/mol. The summed E-state index contributed by atoms with van der Waals surface area (Å²) in [5, 5.41) is 0.461. The van der Waals surface area contributed by atoms with E-state index >= 15 is 0 Å². The molecular weight excluding hydrogens is 380 g/mol. The van der Waals surface area contributed by atoms with Gasteiger partial charge < -0.3 is 9.64 Å². The summed E-state index contributed by atoms with van der Waals surface area (Å²) in [5.74, 6) is -1.68. The van der Waals surface area contributed by atoms with Gasteiger partial charge in [-0.3, -0.25) is 4.79 Å². The molecule has 0 atom stereocenters. The highest BCUT2D eigenvalue weighted by Crippen LogP contribution is 2.44. The molecule has 0 fully saturated rings. The highest BCUT2D eigenvalue weighted by atomic mass is 35.5. The standard InChI is InChI=1S/C19H12ClF2NO2S/c1-23(15-5-3-2-4-13(15)20)19(24)16-6-10-9-25-17-12(18(10)26-16)7-11(21)8-14(17)22/h2-8H,9H2,1H3. The van der Waals surface area contributed by atoms with E-state index in [0.717, 1.165) is 11.6 Å². The first-order valence-electron chi connectivity index (χ1n) is 7.73. The fourth-order valence-electron chi connectivity index (χ4n) is 2.89. The van der Waals surface area contributed by atoms with Crippen LogP contribution in [0.5, 0.6) is 5.75 Å². The first-order chi connectivity index (χ1) is 12.5. The Morgan fingerprint density at radius 2 is 2.00 bits per heavy atom. The Balaban J connectivity index is 1.74. The van der Waals surface area contributed by atoms with Gasteiger partial charge in [-0.2, -0.15) is 0 Å². The number of nitrogens with zero attached hydrogens (tertiary/aromatic N) is 1. The first-order valence-corrected chi connectivity index (χ1v) is 8.92. The van der Waals surface area contributed by atoms with Crippen molar-refractivity contribution in [1.82, 2.24) is 0 Å². The molecule has 26 heavy (non-hydrogen) atoms. The Bertz CT molecular complexity index is 1030. The van der Waals surface area contributed by atoms with Crippen LogP contribution in [-0.2, 0) is 6.61 Å². The fourth-order valence-corrected chi connectivity index (χ4v) is 4.31. The van der Waals surface area contributed by atoms with Crippen molar-refractivity contribution in [3.8, 4) is 16.2 Å². The van der Waals surface area contributed by atoms with Crippen LogP contribution in [-0.4, -0.2) is 13.0 Å². The van der Waals surface area contributed by atoms with Crippen LogP contribution in [0.4, 0.5) is 14.5 Å². The van der Waals surface area contributed by atoms with E-state index in [-0.39, 0.29) is 18.3 Å². The highest BCUT2D eigenvalue weighted by molar-refractivity contribution is 7.17. The van der Waals surface area contributed by atoms with Gasteiger partial charge in [0.25, 0.3) is 5.91 Å². The third-order valence-corrected chi connectivity index (χ3v) is 5.68. The summed E-state index contributed by atoms with van der Waals surface area (Å²) in [5.41, 5.74) is 1.64. The van der Waals surface area contributed by atoms with Gasteiger partial charge in [0.05, 0.1) is 15.6 Å². The second kappa shape index (κ2) is 6.37. The third-order valence-electron chi connectivity index (χ3n) is 4.16. The van der Waals surface area contributed by atoms with E-state index < -0.39 is 11.6 Å². The minimum Gasteiger partial charge on any atom is -0.485 e. The zero-order valence-electron chi connectivity index (χ0n) is 13.6. The van der Waals surface area contributed by atoms with E-state index in [4.69, 9.17) is 16.3 Å². The smallest absolute Gasteiger partial charge is 0.268 e. The number of carbonyl (C=O) groups is 1. The lowest BCUT2D eigenvalue weighted by Gasteiger charge is -2.18. The van der Waals surface area contributed by atoms with Crippen LogP contribution in [0.2, 0.25) is 5.02 Å². The van der Waals surface area contributed by atoms with Crippen molar-refractivity contribution in [2.24, 2.45) is 0 Å². The average Bonchev–Trinajstić information content (AvgIpc) is 3.05. The van der Waals surface area contributed by atoms with Crippen LogP contribution in [0.3, 0.4) is 0 Å². The topological polar surface area (TPSA) is 29.5 Å². The van der Waals surface area contributed by atoms with Crippen LogP contribution in [0, 0.1) is 11.6 Å². The normalized spacial score (nSPS) is 12.2. The lowest BCUT2D eigenvalue weighted by atomic mass is 10.1. The molecule has 1 aliphatic rings. The number of hydrogen-bond acceptors (Lipinski definition) is 3. The Labute approximate surface area is 157 Å². The van der Waals surface area contributed by atoms with Gasteiger partial charge >= 0.3 is 0 Å². The number of carbonyl (C=O) groups excluding carboxylic acids is 1. The second-order valence-electron chi connectivity index (χ2n) is 5.83. The molecule has 1 aliphatic heterocycles. The molecule has 1 amide bonds. The summed E-state index contributed by atoms with van der Waals surface area (Å²) in [6.45, 7) is 0.129. The van der Waals surface area contributed by atoms with Crippen molar-refractivity contribution in [1.29, 1.82) is 0 Å². The summed E-state index contributed by atoms with van der Waals surface area (Å²) < 4.78 is 33.0. The second-order valence-corrected chi connectivity index (χ2v) is 7.29. The van der Waals surface area contributed by atoms with E-state index in [0.29, 0.717) is 26.0 Å². The number of hydrogen-bond donors (Lipinski definition) is 0. The molecule has 0 spiro atoms. The average molecular weight is 392 g/mol. The van der Waals surface area contributed by atoms with Gasteiger partial charge in [-0.05, 0) is 24.3 Å². The fraction of sp³-hybridized carbons (Fsp3) is 0.105. The maximum atomic E-state index is 13.9. The van der Waals surface area contributed by atoms with Crippen molar-refractivity contribution >= 4 is 34.5 Å². The number of ether oxygens (including phenoxy) is 1. The molecule has 0 N–H and O–H groups in total. The summed E-state index contributed by atoms with van der Waals surface area (Å²) in [6, 6.07) is 10.7. The SMILES string of the molecule is CN(C(=O)c1cc2c(s1)-c1cc(F)cc(F)c1OC2)c1ccccc1Cl. The first kappa shape index (κ1) is 17.0. The van der Waals surface area contributed by atoms with E-state index in [1.54, 1.807) is 37.4 Å².